The Labute approximate surface area is 159 Å². The van der Waals surface area contributed by atoms with E-state index in [1.54, 1.807) is 33.6 Å². The van der Waals surface area contributed by atoms with Crippen molar-refractivity contribution < 1.29 is 14.2 Å². The Hall–Kier alpha value is -2.98. The summed E-state index contributed by atoms with van der Waals surface area (Å²) in [6.45, 7) is 4.45. The van der Waals surface area contributed by atoms with Gasteiger partial charge in [-0.05, 0) is 18.2 Å². The van der Waals surface area contributed by atoms with Crippen LogP contribution in [0.1, 0.15) is 11.3 Å². The molecule has 0 unspecified atom stereocenters. The summed E-state index contributed by atoms with van der Waals surface area (Å²) in [6.07, 6.45) is 1.77. The molecule has 7 nitrogen and oxygen atoms in total. The van der Waals surface area contributed by atoms with Crippen molar-refractivity contribution in [3.05, 3.63) is 41.7 Å². The van der Waals surface area contributed by atoms with E-state index in [0.29, 0.717) is 17.2 Å². The highest BCUT2D eigenvalue weighted by molar-refractivity contribution is 5.55. The van der Waals surface area contributed by atoms with Crippen molar-refractivity contribution >= 4 is 5.69 Å². The van der Waals surface area contributed by atoms with Crippen molar-refractivity contribution in [3.63, 3.8) is 0 Å². The number of benzene rings is 1. The molecule has 0 spiro atoms. The molecule has 2 heterocycles. The minimum atomic E-state index is 0.443. The first kappa shape index (κ1) is 18.8. The molecule has 0 radical (unpaired) electrons. The zero-order chi connectivity index (χ0) is 19.2. The molecule has 1 fully saturated rings. The van der Waals surface area contributed by atoms with Crippen LogP contribution in [0.3, 0.4) is 0 Å². The Morgan fingerprint density at radius 2 is 1.70 bits per heavy atom. The molecule has 27 heavy (non-hydrogen) atoms. The van der Waals surface area contributed by atoms with E-state index in [1.165, 1.54) is 0 Å². The molecular formula is C20H24N4O3. The Bertz CT molecular complexity index is 809. The third-order valence-electron chi connectivity index (χ3n) is 4.78. The van der Waals surface area contributed by atoms with Gasteiger partial charge in [0.25, 0.3) is 0 Å². The molecule has 142 valence electrons. The lowest BCUT2D eigenvalue weighted by Gasteiger charge is -2.36. The van der Waals surface area contributed by atoms with Crippen LogP contribution in [0.2, 0.25) is 0 Å². The Morgan fingerprint density at radius 1 is 0.963 bits per heavy atom. The van der Waals surface area contributed by atoms with Crippen LogP contribution in [0.4, 0.5) is 5.69 Å². The maximum Gasteiger partial charge on any atom is 0.203 e. The van der Waals surface area contributed by atoms with Crippen LogP contribution in [0.5, 0.6) is 17.2 Å². The Morgan fingerprint density at radius 3 is 2.26 bits per heavy atom. The molecule has 0 amide bonds. The van der Waals surface area contributed by atoms with Gasteiger partial charge in [0.05, 0.1) is 33.2 Å². The van der Waals surface area contributed by atoms with Crippen LogP contribution in [-0.2, 0) is 6.54 Å². The van der Waals surface area contributed by atoms with E-state index in [1.807, 2.05) is 18.2 Å². The zero-order valence-electron chi connectivity index (χ0n) is 15.9. The average Bonchev–Trinajstić information content (AvgIpc) is 2.73. The highest BCUT2D eigenvalue weighted by atomic mass is 16.5. The molecule has 3 rings (SSSR count). The van der Waals surface area contributed by atoms with Crippen LogP contribution in [0.15, 0.2) is 30.5 Å². The summed E-state index contributed by atoms with van der Waals surface area (Å²) in [5, 5.41) is 8.87. The van der Waals surface area contributed by atoms with E-state index in [-0.39, 0.29) is 0 Å². The van der Waals surface area contributed by atoms with Crippen LogP contribution >= 0.6 is 0 Å². The topological polar surface area (TPSA) is 70.9 Å². The van der Waals surface area contributed by atoms with Gasteiger partial charge >= 0.3 is 0 Å². The van der Waals surface area contributed by atoms with E-state index < -0.39 is 0 Å². The molecule has 1 saturated heterocycles. The van der Waals surface area contributed by atoms with Gasteiger partial charge in [0.15, 0.2) is 11.5 Å². The number of ether oxygens (including phenoxy) is 3. The van der Waals surface area contributed by atoms with E-state index in [0.717, 1.165) is 49.7 Å². The molecule has 1 aromatic carbocycles. The van der Waals surface area contributed by atoms with E-state index in [9.17, 15) is 0 Å². The van der Waals surface area contributed by atoms with Gasteiger partial charge in [-0.15, -0.1) is 0 Å². The number of anilines is 1. The monoisotopic (exact) mass is 368 g/mol. The number of nitriles is 1. The van der Waals surface area contributed by atoms with E-state index in [4.69, 9.17) is 19.5 Å². The smallest absolute Gasteiger partial charge is 0.203 e. The molecular weight excluding hydrogens is 344 g/mol. The SMILES string of the molecule is COc1ccc(CN2CCN(c3ccc(C#N)nc3)CC2)c(OC)c1OC. The first-order valence-electron chi connectivity index (χ1n) is 8.81. The largest absolute Gasteiger partial charge is 0.493 e. The summed E-state index contributed by atoms with van der Waals surface area (Å²) in [5.74, 6) is 2.01. The summed E-state index contributed by atoms with van der Waals surface area (Å²) >= 11 is 0. The van der Waals surface area contributed by atoms with Gasteiger partial charge in [0.1, 0.15) is 11.8 Å². The Balaban J connectivity index is 1.66. The van der Waals surface area contributed by atoms with Gasteiger partial charge in [-0.3, -0.25) is 4.90 Å². The predicted molar refractivity (Wildman–Crippen MR) is 103 cm³/mol. The van der Waals surface area contributed by atoms with Gasteiger partial charge in [-0.2, -0.15) is 5.26 Å². The standard InChI is InChI=1S/C20H24N4O3/c1-25-18-7-4-15(19(26-2)20(18)27-3)14-23-8-10-24(11-9-23)17-6-5-16(12-21)22-13-17/h4-7,13H,8-11,14H2,1-3H3. The van der Waals surface area contributed by atoms with E-state index in [2.05, 4.69) is 20.9 Å². The van der Waals surface area contributed by atoms with Crippen molar-refractivity contribution in [1.82, 2.24) is 9.88 Å². The minimum Gasteiger partial charge on any atom is -0.493 e. The summed E-state index contributed by atoms with van der Waals surface area (Å²) < 4.78 is 16.4. The summed E-state index contributed by atoms with van der Waals surface area (Å²) in [5.41, 5.74) is 2.57. The fourth-order valence-corrected chi connectivity index (χ4v) is 3.33. The first-order valence-corrected chi connectivity index (χ1v) is 8.81. The van der Waals surface area contributed by atoms with Gasteiger partial charge in [0.2, 0.25) is 5.75 Å². The normalized spacial score (nSPS) is 14.5. The van der Waals surface area contributed by atoms with Gasteiger partial charge in [-0.25, -0.2) is 4.98 Å². The van der Waals surface area contributed by atoms with Crippen molar-refractivity contribution in [1.29, 1.82) is 5.26 Å². The number of aromatic nitrogens is 1. The molecule has 1 aliphatic heterocycles. The lowest BCUT2D eigenvalue weighted by atomic mass is 10.1. The quantitative estimate of drug-likeness (QED) is 0.775. The summed E-state index contributed by atoms with van der Waals surface area (Å²) in [6, 6.07) is 9.70. The Kier molecular flexibility index (Phi) is 5.99. The maximum absolute atomic E-state index is 8.87. The fourth-order valence-electron chi connectivity index (χ4n) is 3.33. The number of pyridine rings is 1. The third kappa shape index (κ3) is 4.07. The number of hydrogen-bond donors (Lipinski definition) is 0. The third-order valence-corrected chi connectivity index (χ3v) is 4.78. The fraction of sp³-hybridized carbons (Fsp3) is 0.400. The minimum absolute atomic E-state index is 0.443. The average molecular weight is 368 g/mol. The molecule has 1 aromatic heterocycles. The van der Waals surface area contributed by atoms with Crippen LogP contribution in [-0.4, -0.2) is 57.4 Å². The maximum atomic E-state index is 8.87. The zero-order valence-corrected chi connectivity index (χ0v) is 15.9. The van der Waals surface area contributed by atoms with Crippen LogP contribution in [0, 0.1) is 11.3 Å². The second-order valence-electron chi connectivity index (χ2n) is 6.27. The molecule has 1 aliphatic rings. The van der Waals surface area contributed by atoms with E-state index >= 15 is 0 Å². The molecule has 0 aliphatic carbocycles. The van der Waals surface area contributed by atoms with Crippen LogP contribution < -0.4 is 19.1 Å². The van der Waals surface area contributed by atoms with Crippen molar-refractivity contribution in [2.24, 2.45) is 0 Å². The van der Waals surface area contributed by atoms with Crippen LogP contribution in [0.25, 0.3) is 0 Å². The number of hydrogen-bond acceptors (Lipinski definition) is 7. The van der Waals surface area contributed by atoms with Crippen molar-refractivity contribution in [2.75, 3.05) is 52.4 Å². The molecule has 7 heteroatoms. The number of methoxy groups -OCH3 is 3. The van der Waals surface area contributed by atoms with Gasteiger partial charge in [0, 0.05) is 38.3 Å². The number of nitrogens with zero attached hydrogens (tertiary/aromatic N) is 4. The van der Waals surface area contributed by atoms with Gasteiger partial charge in [-0.1, -0.05) is 6.07 Å². The second kappa shape index (κ2) is 8.60. The van der Waals surface area contributed by atoms with Crippen molar-refractivity contribution in [3.8, 4) is 23.3 Å². The summed E-state index contributed by atoms with van der Waals surface area (Å²) in [7, 11) is 4.89. The summed E-state index contributed by atoms with van der Waals surface area (Å²) in [4.78, 5) is 8.83. The lowest BCUT2D eigenvalue weighted by molar-refractivity contribution is 0.243. The van der Waals surface area contributed by atoms with Crippen molar-refractivity contribution in [2.45, 2.75) is 6.54 Å². The number of rotatable bonds is 6. The molecule has 0 N–H and O–H groups in total. The second-order valence-corrected chi connectivity index (χ2v) is 6.27. The molecule has 0 bridgehead atoms. The molecule has 0 atom stereocenters. The molecule has 0 saturated carbocycles. The highest BCUT2D eigenvalue weighted by Crippen LogP contribution is 2.40. The predicted octanol–water partition coefficient (Wildman–Crippen LogP) is 2.30. The molecule has 2 aromatic rings. The first-order chi connectivity index (χ1) is 13.2. The number of piperazine rings is 1. The van der Waals surface area contributed by atoms with Gasteiger partial charge < -0.3 is 19.1 Å². The highest BCUT2D eigenvalue weighted by Gasteiger charge is 2.21. The lowest BCUT2D eigenvalue weighted by Crippen LogP contribution is -2.46.